The number of anilines is 1. The number of rotatable bonds is 4. The number of hydrogen-bond donors (Lipinski definition) is 4. The van der Waals surface area contributed by atoms with E-state index in [2.05, 4.69) is 4.98 Å². The highest BCUT2D eigenvalue weighted by molar-refractivity contribution is 7.15. The minimum Gasteiger partial charge on any atom is -0.396 e. The van der Waals surface area contributed by atoms with Gasteiger partial charge in [-0.3, -0.25) is 0 Å². The summed E-state index contributed by atoms with van der Waals surface area (Å²) in [7, 11) is 0. The lowest BCUT2D eigenvalue weighted by molar-refractivity contribution is 0.00574. The van der Waals surface area contributed by atoms with Crippen LogP contribution in [0.5, 0.6) is 0 Å². The number of aryl methyl sites for hydroxylation is 1. The van der Waals surface area contributed by atoms with Gasteiger partial charge in [-0.15, -0.1) is 0 Å². The van der Waals surface area contributed by atoms with E-state index in [1.165, 1.54) is 0 Å². The molecule has 0 spiro atoms. The molecule has 1 aromatic rings. The Hall–Kier alpha value is -0.690. The van der Waals surface area contributed by atoms with E-state index in [1.54, 1.807) is 6.92 Å². The molecule has 2 unspecified atom stereocenters. The molecule has 1 heterocycles. The van der Waals surface area contributed by atoms with E-state index in [0.717, 1.165) is 11.3 Å². The van der Waals surface area contributed by atoms with Crippen molar-refractivity contribution in [2.75, 3.05) is 12.3 Å². The van der Waals surface area contributed by atoms with Gasteiger partial charge >= 0.3 is 0 Å². The second kappa shape index (κ2) is 4.70. The summed E-state index contributed by atoms with van der Waals surface area (Å²) in [6.07, 6.45) is -1.85. The lowest BCUT2D eigenvalue weighted by atomic mass is 10.1. The summed E-state index contributed by atoms with van der Waals surface area (Å²) in [5.41, 5.74) is 6.08. The first kappa shape index (κ1) is 11.4. The fourth-order valence-electron chi connectivity index (χ4n) is 1.17. The third-order valence-corrected chi connectivity index (χ3v) is 2.96. The van der Waals surface area contributed by atoms with Crippen LogP contribution in [0.25, 0.3) is 0 Å². The summed E-state index contributed by atoms with van der Waals surface area (Å²) < 4.78 is 0. The molecule has 5 N–H and O–H groups in total. The largest absolute Gasteiger partial charge is 0.396 e. The third-order valence-electron chi connectivity index (χ3n) is 1.91. The number of aliphatic hydroxyl groups is 3. The first-order chi connectivity index (χ1) is 6.56. The quantitative estimate of drug-likeness (QED) is 0.561. The first-order valence-electron chi connectivity index (χ1n) is 4.26. The second-order valence-electron chi connectivity index (χ2n) is 3.03. The highest BCUT2D eigenvalue weighted by atomic mass is 32.1. The van der Waals surface area contributed by atoms with Crippen LogP contribution in [-0.4, -0.2) is 33.0 Å². The molecular formula is C8H14N2O3S. The van der Waals surface area contributed by atoms with Crippen LogP contribution in [0.1, 0.15) is 23.1 Å². The van der Waals surface area contributed by atoms with Crippen molar-refractivity contribution >= 4 is 16.5 Å². The molecule has 0 saturated carbocycles. The molecule has 1 rings (SSSR count). The molecular weight excluding hydrogens is 204 g/mol. The highest BCUT2D eigenvalue weighted by Crippen LogP contribution is 2.29. The molecule has 0 radical (unpaired) electrons. The summed E-state index contributed by atoms with van der Waals surface area (Å²) in [6, 6.07) is 0. The predicted octanol–water partition coefficient (Wildman–Crippen LogP) is -0.190. The molecule has 80 valence electrons. The lowest BCUT2D eigenvalue weighted by Crippen LogP contribution is -2.19. The summed E-state index contributed by atoms with van der Waals surface area (Å²) >= 11 is 1.15. The van der Waals surface area contributed by atoms with Crippen molar-refractivity contribution in [1.82, 2.24) is 4.98 Å². The number of hydrogen-bond acceptors (Lipinski definition) is 6. The Morgan fingerprint density at radius 2 is 2.14 bits per heavy atom. The van der Waals surface area contributed by atoms with E-state index in [0.29, 0.717) is 15.7 Å². The van der Waals surface area contributed by atoms with Crippen molar-refractivity contribution in [1.29, 1.82) is 0 Å². The maximum atomic E-state index is 9.67. The van der Waals surface area contributed by atoms with E-state index in [4.69, 9.17) is 10.8 Å². The Balaban J connectivity index is 2.77. The number of nitrogens with two attached hydrogens (primary N) is 1. The average molecular weight is 218 g/mol. The van der Waals surface area contributed by atoms with Gasteiger partial charge in [0.1, 0.15) is 6.10 Å². The van der Waals surface area contributed by atoms with Crippen LogP contribution in [0.15, 0.2) is 0 Å². The summed E-state index contributed by atoms with van der Waals surface area (Å²) in [5.74, 6) is 0. The number of aliphatic hydroxyl groups excluding tert-OH is 3. The van der Waals surface area contributed by atoms with Gasteiger partial charge in [0.15, 0.2) is 5.13 Å². The van der Waals surface area contributed by atoms with Gasteiger partial charge in [0.05, 0.1) is 16.7 Å². The zero-order valence-electron chi connectivity index (χ0n) is 7.84. The molecule has 0 amide bonds. The Morgan fingerprint density at radius 1 is 1.50 bits per heavy atom. The molecule has 0 bridgehead atoms. The maximum Gasteiger partial charge on any atom is 0.180 e. The van der Waals surface area contributed by atoms with Crippen LogP contribution in [0.3, 0.4) is 0 Å². The van der Waals surface area contributed by atoms with Crippen LogP contribution >= 0.6 is 11.3 Å². The Morgan fingerprint density at radius 3 is 2.57 bits per heavy atom. The molecule has 6 heteroatoms. The van der Waals surface area contributed by atoms with Crippen molar-refractivity contribution in [2.24, 2.45) is 0 Å². The van der Waals surface area contributed by atoms with Gasteiger partial charge in [0, 0.05) is 6.61 Å². The van der Waals surface area contributed by atoms with Crippen LogP contribution in [0.2, 0.25) is 0 Å². The van der Waals surface area contributed by atoms with Crippen molar-refractivity contribution in [3.8, 4) is 0 Å². The van der Waals surface area contributed by atoms with Crippen LogP contribution < -0.4 is 5.73 Å². The lowest BCUT2D eigenvalue weighted by Gasteiger charge is -2.15. The fourth-order valence-corrected chi connectivity index (χ4v) is 2.05. The van der Waals surface area contributed by atoms with E-state index >= 15 is 0 Å². The molecule has 0 aliphatic rings. The van der Waals surface area contributed by atoms with E-state index in [9.17, 15) is 10.2 Å². The fraction of sp³-hybridized carbons (Fsp3) is 0.625. The minimum atomic E-state index is -1.02. The van der Waals surface area contributed by atoms with E-state index in [1.807, 2.05) is 0 Å². The van der Waals surface area contributed by atoms with Gasteiger partial charge in [-0.2, -0.15) is 0 Å². The van der Waals surface area contributed by atoms with E-state index in [-0.39, 0.29) is 13.0 Å². The predicted molar refractivity (Wildman–Crippen MR) is 53.9 cm³/mol. The molecule has 0 aromatic carbocycles. The number of thiazole rings is 1. The number of aromatic nitrogens is 1. The molecule has 2 atom stereocenters. The van der Waals surface area contributed by atoms with Gasteiger partial charge in [-0.05, 0) is 13.3 Å². The van der Waals surface area contributed by atoms with Crippen molar-refractivity contribution in [2.45, 2.75) is 25.6 Å². The van der Waals surface area contributed by atoms with Crippen molar-refractivity contribution in [3.63, 3.8) is 0 Å². The summed E-state index contributed by atoms with van der Waals surface area (Å²) in [5, 5.41) is 28.1. The molecule has 14 heavy (non-hydrogen) atoms. The van der Waals surface area contributed by atoms with E-state index < -0.39 is 12.2 Å². The molecule has 0 aliphatic heterocycles. The average Bonchev–Trinajstić information content (AvgIpc) is 2.44. The smallest absolute Gasteiger partial charge is 0.180 e. The van der Waals surface area contributed by atoms with Gasteiger partial charge in [-0.1, -0.05) is 11.3 Å². The summed E-state index contributed by atoms with van der Waals surface area (Å²) in [6.45, 7) is 1.56. The van der Waals surface area contributed by atoms with Crippen LogP contribution in [-0.2, 0) is 0 Å². The highest BCUT2D eigenvalue weighted by Gasteiger charge is 2.22. The Labute approximate surface area is 85.8 Å². The van der Waals surface area contributed by atoms with Crippen molar-refractivity contribution in [3.05, 3.63) is 10.6 Å². The van der Waals surface area contributed by atoms with Crippen LogP contribution in [0, 0.1) is 6.92 Å². The van der Waals surface area contributed by atoms with Gasteiger partial charge in [-0.25, -0.2) is 4.98 Å². The maximum absolute atomic E-state index is 9.67. The topological polar surface area (TPSA) is 99.6 Å². The van der Waals surface area contributed by atoms with Gasteiger partial charge < -0.3 is 21.1 Å². The Kier molecular flexibility index (Phi) is 3.82. The zero-order chi connectivity index (χ0) is 10.7. The van der Waals surface area contributed by atoms with Crippen LogP contribution in [0.4, 0.5) is 5.13 Å². The molecule has 5 nitrogen and oxygen atoms in total. The Bertz CT molecular complexity index is 303. The SMILES string of the molecule is Cc1nc(N)sc1C(O)C(O)CCO. The molecule has 0 aliphatic carbocycles. The number of nitrogens with zero attached hydrogens (tertiary/aromatic N) is 1. The zero-order valence-corrected chi connectivity index (χ0v) is 8.66. The minimum absolute atomic E-state index is 0.137. The summed E-state index contributed by atoms with van der Waals surface area (Å²) in [4.78, 5) is 4.50. The standard InChI is InChI=1S/C8H14N2O3S/c1-4-7(14-8(9)10-4)6(13)5(12)2-3-11/h5-6,11-13H,2-3H2,1H3,(H2,9,10). The third kappa shape index (κ3) is 2.42. The first-order valence-corrected chi connectivity index (χ1v) is 5.07. The van der Waals surface area contributed by atoms with Gasteiger partial charge in [0.25, 0.3) is 0 Å². The molecule has 0 saturated heterocycles. The van der Waals surface area contributed by atoms with Crippen molar-refractivity contribution < 1.29 is 15.3 Å². The molecule has 0 fully saturated rings. The number of nitrogen functional groups attached to an aromatic ring is 1. The van der Waals surface area contributed by atoms with Gasteiger partial charge in [0.2, 0.25) is 0 Å². The molecule has 1 aromatic heterocycles. The normalized spacial score (nSPS) is 15.4. The second-order valence-corrected chi connectivity index (χ2v) is 4.09. The monoisotopic (exact) mass is 218 g/mol.